The number of hydrogen-bond acceptors (Lipinski definition) is 7. The van der Waals surface area contributed by atoms with Gasteiger partial charge in [0.15, 0.2) is 0 Å². The van der Waals surface area contributed by atoms with Gasteiger partial charge >= 0.3 is 5.97 Å². The maximum absolute atomic E-state index is 11.8. The van der Waals surface area contributed by atoms with E-state index in [1.165, 1.54) is 7.11 Å². The maximum atomic E-state index is 11.8. The van der Waals surface area contributed by atoms with Crippen molar-refractivity contribution in [3.05, 3.63) is 54.1 Å². The molecule has 0 aliphatic carbocycles. The van der Waals surface area contributed by atoms with Crippen molar-refractivity contribution >= 4 is 34.3 Å². The van der Waals surface area contributed by atoms with Crippen LogP contribution in [0.15, 0.2) is 48.5 Å². The zero-order valence-corrected chi connectivity index (χ0v) is 16.1. The van der Waals surface area contributed by atoms with Crippen molar-refractivity contribution < 1.29 is 9.53 Å². The summed E-state index contributed by atoms with van der Waals surface area (Å²) in [5, 5.41) is 4.28. The first-order chi connectivity index (χ1) is 13.6. The third kappa shape index (κ3) is 3.75. The lowest BCUT2D eigenvalue weighted by Gasteiger charge is -2.33. The van der Waals surface area contributed by atoms with Gasteiger partial charge in [-0.2, -0.15) is 4.98 Å². The molecule has 1 N–H and O–H groups in total. The fourth-order valence-electron chi connectivity index (χ4n) is 3.35. The number of carbonyl (C=O) groups is 1. The van der Waals surface area contributed by atoms with E-state index in [2.05, 4.69) is 33.2 Å². The number of esters is 1. The lowest BCUT2D eigenvalue weighted by Crippen LogP contribution is -2.45. The van der Waals surface area contributed by atoms with Crippen molar-refractivity contribution in [2.75, 3.05) is 50.6 Å². The number of methoxy groups -OCH3 is 1. The highest BCUT2D eigenvalue weighted by Gasteiger charge is 2.19. The Hall–Kier alpha value is -3.19. The molecule has 2 aromatic carbocycles. The lowest BCUT2D eigenvalue weighted by molar-refractivity contribution is 0.0601. The summed E-state index contributed by atoms with van der Waals surface area (Å²) in [5.74, 6) is 1.07. The Morgan fingerprint density at radius 3 is 2.61 bits per heavy atom. The van der Waals surface area contributed by atoms with Crippen LogP contribution in [0.5, 0.6) is 0 Å². The summed E-state index contributed by atoms with van der Waals surface area (Å²) in [7, 11) is 3.51. The van der Waals surface area contributed by atoms with E-state index in [1.807, 2.05) is 24.3 Å². The second-order valence-corrected chi connectivity index (χ2v) is 6.88. The highest BCUT2D eigenvalue weighted by Crippen LogP contribution is 2.27. The van der Waals surface area contributed by atoms with Crippen LogP contribution in [0.2, 0.25) is 0 Å². The molecule has 1 aliphatic rings. The van der Waals surface area contributed by atoms with Crippen LogP contribution in [0.4, 0.5) is 17.5 Å². The van der Waals surface area contributed by atoms with E-state index in [0.29, 0.717) is 11.5 Å². The molecule has 7 nitrogen and oxygen atoms in total. The number of para-hydroxylation sites is 1. The first-order valence-electron chi connectivity index (χ1n) is 9.30. The summed E-state index contributed by atoms with van der Waals surface area (Å²) in [6.07, 6.45) is 0. The van der Waals surface area contributed by atoms with Gasteiger partial charge in [-0.25, -0.2) is 9.78 Å². The average Bonchev–Trinajstić information content (AvgIpc) is 2.73. The Bertz CT molecular complexity index is 999. The van der Waals surface area contributed by atoms with Crippen molar-refractivity contribution in [2.45, 2.75) is 0 Å². The van der Waals surface area contributed by atoms with Crippen molar-refractivity contribution in [3.63, 3.8) is 0 Å². The molecule has 0 radical (unpaired) electrons. The Labute approximate surface area is 164 Å². The molecule has 1 aromatic heterocycles. The van der Waals surface area contributed by atoms with Gasteiger partial charge in [0.25, 0.3) is 0 Å². The highest BCUT2D eigenvalue weighted by molar-refractivity contribution is 5.92. The second-order valence-electron chi connectivity index (χ2n) is 6.88. The van der Waals surface area contributed by atoms with E-state index in [4.69, 9.17) is 9.72 Å². The minimum Gasteiger partial charge on any atom is -0.465 e. The highest BCUT2D eigenvalue weighted by atomic mass is 16.5. The van der Waals surface area contributed by atoms with Gasteiger partial charge in [-0.05, 0) is 37.4 Å². The number of ether oxygens (including phenoxy) is 1. The number of rotatable bonds is 4. The van der Waals surface area contributed by atoms with E-state index < -0.39 is 0 Å². The molecular formula is C21H23N5O2. The zero-order chi connectivity index (χ0) is 19.5. The predicted octanol–water partition coefficient (Wildman–Crippen LogP) is 2.91. The average molecular weight is 377 g/mol. The van der Waals surface area contributed by atoms with Gasteiger partial charge < -0.3 is 19.9 Å². The van der Waals surface area contributed by atoms with Gasteiger partial charge in [0.05, 0.1) is 18.2 Å². The number of anilines is 3. The Kier molecular flexibility index (Phi) is 5.08. The van der Waals surface area contributed by atoms with Crippen LogP contribution in [-0.2, 0) is 4.74 Å². The number of hydrogen-bond donors (Lipinski definition) is 1. The number of fused-ring (bicyclic) bond motifs is 1. The number of piperazine rings is 1. The first-order valence-corrected chi connectivity index (χ1v) is 9.30. The van der Waals surface area contributed by atoms with Crippen LogP contribution in [0.25, 0.3) is 10.9 Å². The number of carbonyl (C=O) groups excluding carboxylic acids is 1. The van der Waals surface area contributed by atoms with Gasteiger partial charge in [0, 0.05) is 37.3 Å². The molecule has 1 saturated heterocycles. The Morgan fingerprint density at radius 1 is 1.04 bits per heavy atom. The summed E-state index contributed by atoms with van der Waals surface area (Å²) in [6, 6.07) is 15.2. The summed E-state index contributed by atoms with van der Waals surface area (Å²) in [4.78, 5) is 25.9. The molecule has 2 heterocycles. The second kappa shape index (κ2) is 7.82. The van der Waals surface area contributed by atoms with E-state index >= 15 is 0 Å². The normalized spacial score (nSPS) is 14.9. The molecule has 144 valence electrons. The van der Waals surface area contributed by atoms with Gasteiger partial charge in [-0.15, -0.1) is 0 Å². The minimum absolute atomic E-state index is 0.374. The SMILES string of the molecule is COC(=O)c1cccc(Nc2nc(N3CCN(C)CC3)c3ccccc3n2)c1. The zero-order valence-electron chi connectivity index (χ0n) is 16.1. The van der Waals surface area contributed by atoms with Crippen molar-refractivity contribution in [1.29, 1.82) is 0 Å². The Morgan fingerprint density at radius 2 is 1.82 bits per heavy atom. The summed E-state index contributed by atoms with van der Waals surface area (Å²) >= 11 is 0. The first kappa shape index (κ1) is 18.2. The molecule has 0 unspecified atom stereocenters. The monoisotopic (exact) mass is 377 g/mol. The fourth-order valence-corrected chi connectivity index (χ4v) is 3.35. The van der Waals surface area contributed by atoms with Gasteiger partial charge in [-0.1, -0.05) is 18.2 Å². The number of likely N-dealkylation sites (N-methyl/N-ethyl adjacent to an activating group) is 1. The number of benzene rings is 2. The maximum Gasteiger partial charge on any atom is 0.337 e. The number of nitrogens with one attached hydrogen (secondary N) is 1. The van der Waals surface area contributed by atoms with E-state index in [-0.39, 0.29) is 5.97 Å². The third-order valence-electron chi connectivity index (χ3n) is 4.93. The smallest absolute Gasteiger partial charge is 0.337 e. The van der Waals surface area contributed by atoms with Crippen LogP contribution in [-0.4, -0.2) is 61.2 Å². The molecule has 0 saturated carbocycles. The van der Waals surface area contributed by atoms with Crippen molar-refractivity contribution in [1.82, 2.24) is 14.9 Å². The molecule has 0 bridgehead atoms. The molecule has 28 heavy (non-hydrogen) atoms. The molecule has 1 aliphatic heterocycles. The third-order valence-corrected chi connectivity index (χ3v) is 4.93. The van der Waals surface area contributed by atoms with Crippen molar-refractivity contribution in [3.8, 4) is 0 Å². The number of nitrogens with zero attached hydrogens (tertiary/aromatic N) is 4. The standard InChI is InChI=1S/C21H23N5O2/c1-25-10-12-26(13-11-25)19-17-8-3-4-9-18(17)23-21(24-19)22-16-7-5-6-15(14-16)20(27)28-2/h3-9,14H,10-13H2,1-2H3,(H,22,23,24). The van der Waals surface area contributed by atoms with E-state index in [9.17, 15) is 4.79 Å². The van der Waals surface area contributed by atoms with Gasteiger partial charge in [-0.3, -0.25) is 0 Å². The van der Waals surface area contributed by atoms with E-state index in [1.54, 1.807) is 18.2 Å². The van der Waals surface area contributed by atoms with Gasteiger partial charge in [0.2, 0.25) is 5.95 Å². The molecule has 0 amide bonds. The van der Waals surface area contributed by atoms with Crippen LogP contribution in [0.3, 0.4) is 0 Å². The lowest BCUT2D eigenvalue weighted by atomic mass is 10.2. The summed E-state index contributed by atoms with van der Waals surface area (Å²) in [5.41, 5.74) is 2.10. The fraction of sp³-hybridized carbons (Fsp3) is 0.286. The Balaban J connectivity index is 1.69. The molecule has 7 heteroatoms. The quantitative estimate of drug-likeness (QED) is 0.701. The summed E-state index contributed by atoms with van der Waals surface area (Å²) < 4.78 is 4.80. The molecule has 1 fully saturated rings. The predicted molar refractivity (Wildman–Crippen MR) is 110 cm³/mol. The van der Waals surface area contributed by atoms with Crippen LogP contribution < -0.4 is 10.2 Å². The van der Waals surface area contributed by atoms with E-state index in [0.717, 1.165) is 48.6 Å². The largest absolute Gasteiger partial charge is 0.465 e. The molecular weight excluding hydrogens is 354 g/mol. The van der Waals surface area contributed by atoms with Crippen LogP contribution in [0.1, 0.15) is 10.4 Å². The van der Waals surface area contributed by atoms with Crippen LogP contribution >= 0.6 is 0 Å². The topological polar surface area (TPSA) is 70.6 Å². The molecule has 0 spiro atoms. The minimum atomic E-state index is -0.374. The summed E-state index contributed by atoms with van der Waals surface area (Å²) in [6.45, 7) is 3.86. The van der Waals surface area contributed by atoms with Crippen molar-refractivity contribution in [2.24, 2.45) is 0 Å². The number of aromatic nitrogens is 2. The molecule has 3 aromatic rings. The van der Waals surface area contributed by atoms with Gasteiger partial charge in [0.1, 0.15) is 5.82 Å². The molecule has 0 atom stereocenters. The van der Waals surface area contributed by atoms with Crippen LogP contribution in [0, 0.1) is 0 Å². The molecule has 4 rings (SSSR count).